The molecule has 5 heteroatoms. The number of hydrogen-bond donors (Lipinski definition) is 3. The second kappa shape index (κ2) is 10.9. The third-order valence-corrected chi connectivity index (χ3v) is 1.51. The predicted molar refractivity (Wildman–Crippen MR) is 53.3 cm³/mol. The van der Waals surface area contributed by atoms with Crippen molar-refractivity contribution in [3.05, 3.63) is 0 Å². The quantitative estimate of drug-likeness (QED) is 0.303. The first-order valence-corrected chi connectivity index (χ1v) is 4.52. The van der Waals surface area contributed by atoms with E-state index in [0.29, 0.717) is 7.62 Å². The summed E-state index contributed by atoms with van der Waals surface area (Å²) in [5.41, 5.74) is 5.34. The molecule has 4 N–H and O–H groups in total. The lowest BCUT2D eigenvalue weighted by atomic mass is 10.2. The van der Waals surface area contributed by atoms with E-state index in [9.17, 15) is 0 Å². The van der Waals surface area contributed by atoms with Gasteiger partial charge in [0.1, 0.15) is 0 Å². The first-order valence-electron chi connectivity index (χ1n) is 4.52. The van der Waals surface area contributed by atoms with Crippen LogP contribution in [0.4, 0.5) is 0 Å². The second-order valence-corrected chi connectivity index (χ2v) is 2.68. The van der Waals surface area contributed by atoms with E-state index < -0.39 is 0 Å². The lowest BCUT2D eigenvalue weighted by Gasteiger charge is -2.03. The van der Waals surface area contributed by atoms with Crippen LogP contribution in [0.25, 0.3) is 0 Å². The first-order chi connectivity index (χ1) is 5.91. The molecule has 72 valence electrons. The number of nitrogens with two attached hydrogens (primary N) is 1. The van der Waals surface area contributed by atoms with Gasteiger partial charge in [0.25, 0.3) is 0 Å². The van der Waals surface area contributed by atoms with Crippen LogP contribution in [0.5, 0.6) is 0 Å². The Morgan fingerprint density at radius 2 is 2.00 bits per heavy atom. The van der Waals surface area contributed by atoms with Crippen LogP contribution in [-0.4, -0.2) is 40.9 Å². The minimum atomic E-state index is 0.642. The maximum Gasteiger partial charge on any atom is 0.360 e. The fourth-order valence-corrected chi connectivity index (χ4v) is 0.865. The zero-order valence-electron chi connectivity index (χ0n) is 7.94. The minimum absolute atomic E-state index is 0.642. The van der Waals surface area contributed by atoms with Gasteiger partial charge >= 0.3 is 7.62 Å². The zero-order valence-corrected chi connectivity index (χ0v) is 7.94. The molecule has 0 saturated carbocycles. The van der Waals surface area contributed by atoms with E-state index in [1.54, 1.807) is 7.11 Å². The predicted octanol–water partition coefficient (Wildman–Crippen LogP) is -1.18. The molecule has 0 aromatic carbocycles. The molecule has 0 aliphatic carbocycles. The van der Waals surface area contributed by atoms with Crippen molar-refractivity contribution in [1.29, 1.82) is 0 Å². The molecule has 0 spiro atoms. The molecule has 0 unspecified atom stereocenters. The fourth-order valence-electron chi connectivity index (χ4n) is 0.865. The van der Waals surface area contributed by atoms with Crippen LogP contribution in [0.2, 0.25) is 0 Å². The SMILES string of the molecule is COBNCCCNCCCN. The highest BCUT2D eigenvalue weighted by molar-refractivity contribution is 6.23. The molecular formula is C7H20BN3O. The molecule has 0 atom stereocenters. The smallest absolute Gasteiger partial charge is 0.360 e. The standard InChI is InChI=1S/C7H20BN3O/c1-12-8-11-7-3-6-10-5-2-4-9/h8,10-11H,2-7,9H2,1H3. The van der Waals surface area contributed by atoms with Crippen LogP contribution < -0.4 is 16.3 Å². The molecule has 0 rings (SSSR count). The van der Waals surface area contributed by atoms with E-state index >= 15 is 0 Å². The van der Waals surface area contributed by atoms with E-state index in [4.69, 9.17) is 10.4 Å². The van der Waals surface area contributed by atoms with E-state index in [2.05, 4.69) is 10.5 Å². The average Bonchev–Trinajstić information content (AvgIpc) is 2.10. The molecule has 0 aromatic rings. The summed E-state index contributed by atoms with van der Waals surface area (Å²) in [5.74, 6) is 0. The Labute approximate surface area is 75.5 Å². The summed E-state index contributed by atoms with van der Waals surface area (Å²) >= 11 is 0. The lowest BCUT2D eigenvalue weighted by Crippen LogP contribution is -2.26. The second-order valence-electron chi connectivity index (χ2n) is 2.68. The van der Waals surface area contributed by atoms with Gasteiger partial charge in [-0.25, -0.2) is 0 Å². The van der Waals surface area contributed by atoms with Crippen molar-refractivity contribution in [2.24, 2.45) is 5.73 Å². The summed E-state index contributed by atoms with van der Waals surface area (Å²) < 4.78 is 4.84. The van der Waals surface area contributed by atoms with Gasteiger partial charge in [0.15, 0.2) is 0 Å². The van der Waals surface area contributed by atoms with Crippen molar-refractivity contribution in [2.75, 3.05) is 33.3 Å². The molecule has 0 heterocycles. The van der Waals surface area contributed by atoms with Crippen LogP contribution in [0, 0.1) is 0 Å². The average molecular weight is 173 g/mol. The van der Waals surface area contributed by atoms with Gasteiger partial charge in [-0.05, 0) is 39.0 Å². The molecule has 0 radical (unpaired) electrons. The van der Waals surface area contributed by atoms with Gasteiger partial charge in [-0.1, -0.05) is 0 Å². The Morgan fingerprint density at radius 1 is 1.25 bits per heavy atom. The lowest BCUT2D eigenvalue weighted by molar-refractivity contribution is 0.429. The molecule has 0 aliphatic rings. The first kappa shape index (κ1) is 11.9. The molecule has 0 bridgehead atoms. The maximum atomic E-state index is 5.34. The summed E-state index contributed by atoms with van der Waals surface area (Å²) in [6.45, 7) is 3.86. The number of nitrogens with one attached hydrogen (secondary N) is 2. The van der Waals surface area contributed by atoms with E-state index in [0.717, 1.165) is 39.0 Å². The highest BCUT2D eigenvalue weighted by Crippen LogP contribution is 1.74. The van der Waals surface area contributed by atoms with Crippen LogP contribution in [0.1, 0.15) is 12.8 Å². The van der Waals surface area contributed by atoms with Crippen molar-refractivity contribution < 1.29 is 4.65 Å². The largest absolute Gasteiger partial charge is 0.427 e. The topological polar surface area (TPSA) is 59.3 Å². The highest BCUT2D eigenvalue weighted by Gasteiger charge is 1.88. The number of hydrogen-bond acceptors (Lipinski definition) is 4. The summed E-state index contributed by atoms with van der Waals surface area (Å²) in [6.07, 6.45) is 2.19. The maximum absolute atomic E-state index is 5.34. The summed E-state index contributed by atoms with van der Waals surface area (Å²) in [4.78, 5) is 0. The molecule has 0 saturated heterocycles. The van der Waals surface area contributed by atoms with Crippen molar-refractivity contribution >= 4 is 7.62 Å². The summed E-state index contributed by atoms with van der Waals surface area (Å²) in [5, 5.41) is 6.44. The Balaban J connectivity index is 2.73. The van der Waals surface area contributed by atoms with Gasteiger partial charge in [-0.2, -0.15) is 0 Å². The highest BCUT2D eigenvalue weighted by atomic mass is 16.4. The molecular weight excluding hydrogens is 153 g/mol. The van der Waals surface area contributed by atoms with Gasteiger partial charge in [0, 0.05) is 7.11 Å². The molecule has 0 amide bonds. The van der Waals surface area contributed by atoms with Crippen LogP contribution >= 0.6 is 0 Å². The van der Waals surface area contributed by atoms with Gasteiger partial charge in [-0.15, -0.1) is 0 Å². The Hall–Kier alpha value is -0.0951. The van der Waals surface area contributed by atoms with Gasteiger partial charge in [0.2, 0.25) is 0 Å². The van der Waals surface area contributed by atoms with Crippen LogP contribution in [0.15, 0.2) is 0 Å². The molecule has 4 nitrogen and oxygen atoms in total. The third kappa shape index (κ3) is 9.90. The normalized spacial score (nSPS) is 10.2. The number of rotatable bonds is 9. The van der Waals surface area contributed by atoms with Crippen LogP contribution in [-0.2, 0) is 4.65 Å². The molecule has 0 fully saturated rings. The van der Waals surface area contributed by atoms with Crippen molar-refractivity contribution in [2.45, 2.75) is 12.8 Å². The Kier molecular flexibility index (Phi) is 10.8. The van der Waals surface area contributed by atoms with Crippen molar-refractivity contribution in [3.8, 4) is 0 Å². The molecule has 0 aliphatic heterocycles. The van der Waals surface area contributed by atoms with E-state index in [1.165, 1.54) is 0 Å². The van der Waals surface area contributed by atoms with Gasteiger partial charge in [0.05, 0.1) is 0 Å². The minimum Gasteiger partial charge on any atom is -0.427 e. The van der Waals surface area contributed by atoms with Gasteiger partial charge < -0.3 is 20.9 Å². The van der Waals surface area contributed by atoms with Gasteiger partial charge in [-0.3, -0.25) is 0 Å². The Morgan fingerprint density at radius 3 is 2.67 bits per heavy atom. The fraction of sp³-hybridized carbons (Fsp3) is 1.00. The Bertz CT molecular complexity index is 75.1. The van der Waals surface area contributed by atoms with Crippen molar-refractivity contribution in [1.82, 2.24) is 10.5 Å². The zero-order chi connectivity index (χ0) is 9.07. The summed E-state index contributed by atoms with van der Waals surface area (Å²) in [7, 11) is 2.33. The monoisotopic (exact) mass is 173 g/mol. The molecule has 12 heavy (non-hydrogen) atoms. The summed E-state index contributed by atoms with van der Waals surface area (Å²) in [6, 6.07) is 0. The molecule has 0 aromatic heterocycles. The van der Waals surface area contributed by atoms with E-state index in [1.807, 2.05) is 0 Å². The van der Waals surface area contributed by atoms with Crippen molar-refractivity contribution in [3.63, 3.8) is 0 Å². The third-order valence-electron chi connectivity index (χ3n) is 1.51. The van der Waals surface area contributed by atoms with E-state index in [-0.39, 0.29) is 0 Å². The van der Waals surface area contributed by atoms with Crippen LogP contribution in [0.3, 0.4) is 0 Å².